The molecule has 0 bridgehead atoms. The normalized spacial score (nSPS) is 17.4. The fourth-order valence-electron chi connectivity index (χ4n) is 14.9. The van der Waals surface area contributed by atoms with Crippen molar-refractivity contribution in [1.29, 1.82) is 0 Å². The number of aryl methyl sites for hydroxylation is 2. The second kappa shape index (κ2) is 26.6. The molecule has 12 heterocycles. The molecule has 1 N–H and O–H groups in total. The number of carbonyl (C=O) groups excluding carboxylic acids is 2. The van der Waals surface area contributed by atoms with Gasteiger partial charge in [0.1, 0.15) is 57.2 Å². The van der Waals surface area contributed by atoms with Gasteiger partial charge in [-0.15, -0.1) is 0 Å². The van der Waals surface area contributed by atoms with E-state index in [2.05, 4.69) is 35.1 Å². The number of hydrogen-bond donors (Lipinski definition) is 1. The first-order valence-electron chi connectivity index (χ1n) is 34.5. The molecule has 2 saturated heterocycles. The number of ether oxygens (including phenoxy) is 4. The molecule has 4 aliphatic heterocycles. The lowest BCUT2D eigenvalue weighted by Gasteiger charge is -2.51. The van der Waals surface area contributed by atoms with Gasteiger partial charge in [-0.05, 0) is 152 Å². The molecule has 0 aliphatic carbocycles. The number of anilines is 4. The highest BCUT2D eigenvalue weighted by atomic mass is 19.1. The van der Waals surface area contributed by atoms with Crippen LogP contribution in [-0.2, 0) is 9.47 Å². The number of amides is 2. The number of fused-ring (bicyclic) bond motifs is 12. The highest BCUT2D eigenvalue weighted by Gasteiger charge is 2.45. The van der Waals surface area contributed by atoms with E-state index in [0.29, 0.717) is 101 Å². The molecule has 2 amide bonds. The Morgan fingerprint density at radius 3 is 1.41 bits per heavy atom. The van der Waals surface area contributed by atoms with Gasteiger partial charge in [-0.3, -0.25) is 28.7 Å². The van der Waals surface area contributed by atoms with E-state index in [4.69, 9.17) is 28.9 Å². The van der Waals surface area contributed by atoms with Crippen molar-refractivity contribution in [2.45, 2.75) is 144 Å². The van der Waals surface area contributed by atoms with Crippen LogP contribution in [0.3, 0.4) is 0 Å². The van der Waals surface area contributed by atoms with Crippen LogP contribution in [0.2, 0.25) is 0 Å². The smallest absolute Gasteiger partial charge is 0.410 e. The summed E-state index contributed by atoms with van der Waals surface area (Å²) < 4.78 is 91.0. The Balaban J connectivity index is 0.000000183. The molecule has 22 nitrogen and oxygen atoms in total. The van der Waals surface area contributed by atoms with Gasteiger partial charge >= 0.3 is 12.2 Å². The highest BCUT2D eigenvalue weighted by molar-refractivity contribution is 6.05. The third-order valence-electron chi connectivity index (χ3n) is 19.4. The molecule has 103 heavy (non-hydrogen) atoms. The summed E-state index contributed by atoms with van der Waals surface area (Å²) in [6.07, 6.45) is 5.62. The summed E-state index contributed by atoms with van der Waals surface area (Å²) in [5.41, 5.74) is 2.89. The summed E-state index contributed by atoms with van der Waals surface area (Å²) in [4.78, 5) is 93.5. The largest absolute Gasteiger partial charge is 0.481 e. The van der Waals surface area contributed by atoms with Crippen LogP contribution in [0.15, 0.2) is 95.0 Å². The molecule has 2 aromatic carbocycles. The second-order valence-electron chi connectivity index (χ2n) is 29.6. The zero-order chi connectivity index (χ0) is 73.9. The number of likely N-dealkylation sites (N-methyl/N-ethyl adjacent to an activating group) is 1. The zero-order valence-corrected chi connectivity index (χ0v) is 60.9. The molecular weight excluding hydrogens is 1320 g/mol. The van der Waals surface area contributed by atoms with Crippen molar-refractivity contribution in [2.24, 2.45) is 0 Å². The minimum Gasteiger partial charge on any atom is -0.481 e. The maximum Gasteiger partial charge on any atom is 0.410 e. The lowest BCUT2D eigenvalue weighted by Crippen LogP contribution is -2.64. The second-order valence-corrected chi connectivity index (χ2v) is 29.6. The molecule has 4 atom stereocenters. The van der Waals surface area contributed by atoms with Crippen molar-refractivity contribution in [3.63, 3.8) is 0 Å². The van der Waals surface area contributed by atoms with Crippen LogP contribution in [0.4, 0.5) is 49.9 Å². The number of piperazine rings is 2. The van der Waals surface area contributed by atoms with Gasteiger partial charge in [0.15, 0.2) is 11.3 Å². The molecule has 4 aliphatic rings. The summed E-state index contributed by atoms with van der Waals surface area (Å²) in [5.74, 6) is -2.95. The van der Waals surface area contributed by atoms with Gasteiger partial charge in [-0.1, -0.05) is 39.8 Å². The molecule has 0 unspecified atom stereocenters. The number of nitrogens with zero attached hydrogens (tertiary/aromatic N) is 13. The summed E-state index contributed by atoms with van der Waals surface area (Å²) in [6, 6.07) is 14.2. The molecule has 26 heteroatoms. The Kier molecular flexibility index (Phi) is 18.3. The van der Waals surface area contributed by atoms with Gasteiger partial charge < -0.3 is 48.8 Å². The van der Waals surface area contributed by atoms with Gasteiger partial charge in [-0.2, -0.15) is 0 Å². The maximum atomic E-state index is 16.9. The molecular formula is C77H84F4N14O8. The molecule has 538 valence electrons. The van der Waals surface area contributed by atoms with Crippen molar-refractivity contribution < 1.29 is 46.1 Å². The van der Waals surface area contributed by atoms with E-state index < -0.39 is 52.2 Å². The molecule has 8 aromatic heterocycles. The Hall–Kier alpha value is -10.7. The Labute approximate surface area is 593 Å². The van der Waals surface area contributed by atoms with Crippen LogP contribution in [0, 0.1) is 37.1 Å². The fourth-order valence-corrected chi connectivity index (χ4v) is 14.9. The standard InChI is InChI=1S/C39H43F2N7O4.C38H41F2N7O4/c1-20(2)30-32(21(3)12-14-42-30)48-35-25(16-27(41)31(44-35)29-26(40)11-10-23-13-15-43-36(51-9)28(23)29)33-34(37(48)49)45(8)18-24-19-46(22(4)17-47(24)33)38(50)52-39(5,6)7;1-19(2)29-32(20(3)11-13-41-29)47-34-24(15-26(40)30(44-34)28-25(39)10-9-22-12-14-42-35(50-8)27(22)28)33-31(36(47)48)43-16-23-18-45(21(4)17-46(23)33)37(49)51-38(5,6)7/h10-16,20,22,24H,17-19H2,1-9H3;9-15,19,21,23,43H,16-18H2,1-8H3/t22-,24+;21-,23+/m11/s1. The van der Waals surface area contributed by atoms with Gasteiger partial charge in [0.2, 0.25) is 11.8 Å². The Morgan fingerprint density at radius 2 is 0.961 bits per heavy atom. The minimum absolute atomic E-state index is 0.0808. The van der Waals surface area contributed by atoms with E-state index in [1.807, 2.05) is 121 Å². The third kappa shape index (κ3) is 12.4. The average molecular weight is 1410 g/mol. The zero-order valence-electron chi connectivity index (χ0n) is 60.9. The van der Waals surface area contributed by atoms with Crippen LogP contribution in [-0.4, -0.2) is 157 Å². The number of carbonyl (C=O) groups is 2. The highest BCUT2D eigenvalue weighted by Crippen LogP contribution is 2.47. The summed E-state index contributed by atoms with van der Waals surface area (Å²) in [5, 5.41) is 5.73. The van der Waals surface area contributed by atoms with Crippen LogP contribution in [0.1, 0.15) is 117 Å². The van der Waals surface area contributed by atoms with Crippen molar-refractivity contribution in [1.82, 2.24) is 48.8 Å². The first-order valence-corrected chi connectivity index (χ1v) is 34.5. The number of aromatic nitrogens is 8. The van der Waals surface area contributed by atoms with Crippen molar-refractivity contribution >= 4 is 78.5 Å². The molecule has 0 saturated carbocycles. The van der Waals surface area contributed by atoms with Crippen LogP contribution in [0.5, 0.6) is 11.8 Å². The van der Waals surface area contributed by atoms with E-state index in [0.717, 1.165) is 11.1 Å². The number of pyridine rings is 8. The third-order valence-corrected chi connectivity index (χ3v) is 19.4. The number of methoxy groups -OCH3 is 2. The van der Waals surface area contributed by atoms with Crippen LogP contribution >= 0.6 is 0 Å². The fraction of sp³-hybridized carbons (Fsp3) is 0.403. The van der Waals surface area contributed by atoms with E-state index in [-0.39, 0.29) is 104 Å². The van der Waals surface area contributed by atoms with E-state index in [1.165, 1.54) is 60.0 Å². The minimum atomic E-state index is -0.790. The van der Waals surface area contributed by atoms with Gasteiger partial charge in [0.05, 0.1) is 82.3 Å². The molecule has 2 fully saturated rings. The summed E-state index contributed by atoms with van der Waals surface area (Å²) in [7, 11) is 4.65. The topological polar surface area (TPSA) is 221 Å². The Bertz CT molecular complexity index is 5250. The monoisotopic (exact) mass is 1410 g/mol. The summed E-state index contributed by atoms with van der Waals surface area (Å²) >= 11 is 0. The average Bonchev–Trinajstić information content (AvgIpc) is 0.714. The van der Waals surface area contributed by atoms with Crippen molar-refractivity contribution in [3.05, 3.63) is 152 Å². The number of rotatable bonds is 8. The van der Waals surface area contributed by atoms with E-state index in [1.54, 1.807) is 46.5 Å². The Morgan fingerprint density at radius 1 is 0.534 bits per heavy atom. The van der Waals surface area contributed by atoms with Crippen molar-refractivity contribution in [3.8, 4) is 45.6 Å². The predicted molar refractivity (Wildman–Crippen MR) is 391 cm³/mol. The quantitative estimate of drug-likeness (QED) is 0.140. The molecule has 10 aromatic rings. The molecule has 0 radical (unpaired) electrons. The lowest BCUT2D eigenvalue weighted by molar-refractivity contribution is 0.0116. The SMILES string of the molecule is COc1nccc2ccc(F)c(-c3nc4c(cc3F)c3c(c(=O)n4-c4c(C)ccnc4C(C)C)N(C)C[C@H]4CN(C(=O)OC(C)(C)C)[C@H](C)CN34)c12.COc1nccc2ccc(F)c(-c3nc4c(cc3F)c3c(c(=O)n4-c4c(C)ccnc4C(C)C)NC[C@H]4CN(C(=O)OC(C)(C)C)[C@H](C)CN34)c12. The number of halogens is 4. The first-order chi connectivity index (χ1) is 48.8. The summed E-state index contributed by atoms with van der Waals surface area (Å²) in [6.45, 7) is 28.6. The lowest BCUT2D eigenvalue weighted by atomic mass is 9.98. The number of hydrogen-bond acceptors (Lipinski definition) is 18. The first kappa shape index (κ1) is 70.8. The van der Waals surface area contributed by atoms with E-state index in [9.17, 15) is 14.4 Å². The number of nitrogens with one attached hydrogen (secondary N) is 1. The molecule has 0 spiro atoms. The van der Waals surface area contributed by atoms with Crippen LogP contribution in [0.25, 0.3) is 77.5 Å². The van der Waals surface area contributed by atoms with Crippen LogP contribution < -0.4 is 40.6 Å². The van der Waals surface area contributed by atoms with Gasteiger partial charge in [-0.25, -0.2) is 47.1 Å². The van der Waals surface area contributed by atoms with Gasteiger partial charge in [0, 0.05) is 94.0 Å². The van der Waals surface area contributed by atoms with Gasteiger partial charge in [0.25, 0.3) is 11.1 Å². The maximum absolute atomic E-state index is 16.9. The predicted octanol–water partition coefficient (Wildman–Crippen LogP) is 13.9. The van der Waals surface area contributed by atoms with E-state index >= 15 is 22.4 Å². The van der Waals surface area contributed by atoms with Crippen molar-refractivity contribution in [2.75, 3.05) is 80.6 Å². The number of benzene rings is 2. The molecule has 14 rings (SSSR count).